The van der Waals surface area contributed by atoms with Crippen molar-refractivity contribution in [2.24, 2.45) is 0 Å². The van der Waals surface area contributed by atoms with Crippen LogP contribution in [0.15, 0.2) is 22.9 Å². The zero-order valence-corrected chi connectivity index (χ0v) is 17.1. The fourth-order valence-corrected chi connectivity index (χ4v) is 3.43. The first-order valence-corrected chi connectivity index (χ1v) is 9.72. The predicted octanol–water partition coefficient (Wildman–Crippen LogP) is 2.77. The Morgan fingerprint density at radius 1 is 1.26 bits per heavy atom. The highest BCUT2D eigenvalue weighted by Crippen LogP contribution is 2.23. The molecule has 3 rings (SSSR count). The average molecular weight is 374 g/mol. The molecular weight excluding hydrogens is 342 g/mol. The van der Waals surface area contributed by atoms with Gasteiger partial charge in [-0.3, -0.25) is 14.4 Å². The van der Waals surface area contributed by atoms with Crippen LogP contribution >= 0.6 is 0 Å². The molecule has 1 aliphatic rings. The molecule has 3 heterocycles. The molecule has 2 aromatic heterocycles. The maximum absolute atomic E-state index is 12.9. The normalized spacial score (nSPS) is 17.7. The molecule has 1 aliphatic heterocycles. The van der Waals surface area contributed by atoms with E-state index in [2.05, 4.69) is 35.8 Å². The minimum absolute atomic E-state index is 0.0337. The molecule has 0 bridgehead atoms. The Kier molecular flexibility index (Phi) is 5.69. The molecule has 148 valence electrons. The number of carbonyl (C=O) groups excluding carboxylic acids is 1. The number of nitrogens with zero attached hydrogens (tertiary/aromatic N) is 5. The molecule has 1 amide bonds. The van der Waals surface area contributed by atoms with E-state index in [1.165, 1.54) is 0 Å². The Morgan fingerprint density at radius 2 is 2.04 bits per heavy atom. The van der Waals surface area contributed by atoms with Gasteiger partial charge < -0.3 is 9.32 Å². The van der Waals surface area contributed by atoms with E-state index >= 15 is 0 Å². The van der Waals surface area contributed by atoms with Crippen LogP contribution in [0.3, 0.4) is 0 Å². The van der Waals surface area contributed by atoms with Gasteiger partial charge in [0.15, 0.2) is 0 Å². The van der Waals surface area contributed by atoms with Gasteiger partial charge in [0.2, 0.25) is 11.8 Å². The second-order valence-electron chi connectivity index (χ2n) is 8.42. The van der Waals surface area contributed by atoms with Crippen LogP contribution in [0, 0.1) is 6.92 Å². The van der Waals surface area contributed by atoms with Crippen molar-refractivity contribution in [1.29, 1.82) is 0 Å². The van der Waals surface area contributed by atoms with E-state index in [4.69, 9.17) is 4.42 Å². The van der Waals surface area contributed by atoms with Gasteiger partial charge in [-0.2, -0.15) is 5.10 Å². The first-order chi connectivity index (χ1) is 12.8. The van der Waals surface area contributed by atoms with Crippen molar-refractivity contribution in [1.82, 2.24) is 24.6 Å². The number of aryl methyl sites for hydroxylation is 1. The lowest BCUT2D eigenvalue weighted by molar-refractivity contribution is -0.134. The summed E-state index contributed by atoms with van der Waals surface area (Å²) >= 11 is 0. The van der Waals surface area contributed by atoms with E-state index in [1.807, 2.05) is 31.0 Å². The Balaban J connectivity index is 1.58. The lowest BCUT2D eigenvalue weighted by Gasteiger charge is -2.25. The second-order valence-corrected chi connectivity index (χ2v) is 8.42. The molecule has 0 aliphatic carbocycles. The maximum atomic E-state index is 12.9. The molecule has 1 atom stereocenters. The molecule has 0 radical (unpaired) electrons. The summed E-state index contributed by atoms with van der Waals surface area (Å²) in [5, 5.41) is 4.29. The molecule has 1 unspecified atom stereocenters. The van der Waals surface area contributed by atoms with Crippen LogP contribution in [0.1, 0.15) is 57.5 Å². The summed E-state index contributed by atoms with van der Waals surface area (Å²) in [5.74, 6) is 1.79. The summed E-state index contributed by atoms with van der Waals surface area (Å²) in [5.41, 5.74) is 0.972. The van der Waals surface area contributed by atoms with Crippen LogP contribution in [-0.4, -0.2) is 56.7 Å². The molecule has 7 heteroatoms. The van der Waals surface area contributed by atoms with Gasteiger partial charge in [0.25, 0.3) is 0 Å². The maximum Gasteiger partial charge on any atom is 0.247 e. The number of hydrogen-bond donors (Lipinski definition) is 0. The lowest BCUT2D eigenvalue weighted by Crippen LogP contribution is -2.39. The molecule has 0 spiro atoms. The van der Waals surface area contributed by atoms with Gasteiger partial charge in [0, 0.05) is 43.5 Å². The minimum atomic E-state index is -0.271. The molecule has 0 aromatic carbocycles. The van der Waals surface area contributed by atoms with Crippen molar-refractivity contribution in [3.8, 4) is 0 Å². The smallest absolute Gasteiger partial charge is 0.247 e. The van der Waals surface area contributed by atoms with Gasteiger partial charge in [-0.05, 0) is 26.3 Å². The highest BCUT2D eigenvalue weighted by Gasteiger charge is 2.26. The van der Waals surface area contributed by atoms with Crippen LogP contribution in [0.25, 0.3) is 0 Å². The summed E-state index contributed by atoms with van der Waals surface area (Å²) in [6, 6.07) is 1.66. The third-order valence-corrected chi connectivity index (χ3v) is 5.14. The number of amides is 1. The summed E-state index contributed by atoms with van der Waals surface area (Å²) in [7, 11) is 0. The van der Waals surface area contributed by atoms with Gasteiger partial charge in [-0.15, -0.1) is 0 Å². The minimum Gasteiger partial charge on any atom is -0.444 e. The van der Waals surface area contributed by atoms with Gasteiger partial charge in [0.05, 0.1) is 12.7 Å². The molecule has 27 heavy (non-hydrogen) atoms. The first-order valence-electron chi connectivity index (χ1n) is 9.72. The number of rotatable bonds is 4. The fourth-order valence-electron chi connectivity index (χ4n) is 3.43. The van der Waals surface area contributed by atoms with Crippen molar-refractivity contribution in [2.75, 3.05) is 26.2 Å². The van der Waals surface area contributed by atoms with E-state index in [1.54, 1.807) is 10.9 Å². The van der Waals surface area contributed by atoms with E-state index in [0.717, 1.165) is 49.9 Å². The van der Waals surface area contributed by atoms with Crippen molar-refractivity contribution < 1.29 is 9.21 Å². The third-order valence-electron chi connectivity index (χ3n) is 5.14. The zero-order valence-electron chi connectivity index (χ0n) is 17.1. The Hall–Kier alpha value is -2.15. The topological polar surface area (TPSA) is 67.4 Å². The summed E-state index contributed by atoms with van der Waals surface area (Å²) < 4.78 is 7.72. The zero-order chi connectivity index (χ0) is 19.6. The van der Waals surface area contributed by atoms with Crippen LogP contribution < -0.4 is 0 Å². The van der Waals surface area contributed by atoms with Crippen LogP contribution in [0.4, 0.5) is 0 Å². The van der Waals surface area contributed by atoms with Crippen LogP contribution in [0.5, 0.6) is 0 Å². The Labute approximate surface area is 161 Å². The monoisotopic (exact) mass is 373 g/mol. The van der Waals surface area contributed by atoms with E-state index in [0.29, 0.717) is 6.54 Å². The average Bonchev–Trinajstić information content (AvgIpc) is 3.18. The van der Waals surface area contributed by atoms with Gasteiger partial charge in [-0.1, -0.05) is 20.8 Å². The molecule has 2 aromatic rings. The Bertz CT molecular complexity index is 773. The quantitative estimate of drug-likeness (QED) is 0.824. The summed E-state index contributed by atoms with van der Waals surface area (Å²) in [4.78, 5) is 21.6. The van der Waals surface area contributed by atoms with Gasteiger partial charge >= 0.3 is 0 Å². The van der Waals surface area contributed by atoms with Crippen LogP contribution in [-0.2, 0) is 16.8 Å². The molecule has 1 saturated heterocycles. The number of hydrogen-bond acceptors (Lipinski definition) is 5. The Morgan fingerprint density at radius 3 is 2.67 bits per heavy atom. The van der Waals surface area contributed by atoms with Gasteiger partial charge in [0.1, 0.15) is 11.8 Å². The van der Waals surface area contributed by atoms with E-state index in [-0.39, 0.29) is 17.4 Å². The van der Waals surface area contributed by atoms with Crippen LogP contribution in [0.2, 0.25) is 0 Å². The summed E-state index contributed by atoms with van der Waals surface area (Å²) in [6.45, 7) is 14.2. The van der Waals surface area contributed by atoms with Crippen molar-refractivity contribution in [2.45, 2.75) is 59.0 Å². The molecule has 1 fully saturated rings. The van der Waals surface area contributed by atoms with Gasteiger partial charge in [-0.25, -0.2) is 4.98 Å². The van der Waals surface area contributed by atoms with Crippen molar-refractivity contribution in [3.63, 3.8) is 0 Å². The highest BCUT2D eigenvalue weighted by atomic mass is 16.4. The molecule has 0 saturated carbocycles. The first kappa shape index (κ1) is 19.6. The largest absolute Gasteiger partial charge is 0.444 e. The van der Waals surface area contributed by atoms with Crippen molar-refractivity contribution >= 4 is 5.91 Å². The fraction of sp³-hybridized carbons (Fsp3) is 0.650. The number of aromatic nitrogens is 3. The third kappa shape index (κ3) is 4.58. The van der Waals surface area contributed by atoms with E-state index in [9.17, 15) is 4.79 Å². The van der Waals surface area contributed by atoms with E-state index < -0.39 is 0 Å². The highest BCUT2D eigenvalue weighted by molar-refractivity contribution is 5.80. The number of oxazole rings is 1. The molecule has 0 N–H and O–H groups in total. The standard InChI is InChI=1S/C20H31N5O2/c1-15-7-8-22-25(15)16(2)19(26)24-10-6-9-23(11-12-24)14-18-21-13-17(27-18)20(3,4)5/h7-8,13,16H,6,9-12,14H2,1-5H3. The predicted molar refractivity (Wildman–Crippen MR) is 103 cm³/mol. The number of carbonyl (C=O) groups is 1. The lowest BCUT2D eigenvalue weighted by atomic mass is 9.94. The molecular formula is C20H31N5O2. The van der Waals surface area contributed by atoms with Crippen molar-refractivity contribution in [3.05, 3.63) is 35.8 Å². The summed E-state index contributed by atoms with van der Waals surface area (Å²) in [6.07, 6.45) is 4.52. The molecule has 7 nitrogen and oxygen atoms in total. The SMILES string of the molecule is Cc1ccnn1C(C)C(=O)N1CCCN(Cc2ncc(C(C)(C)C)o2)CC1. The second kappa shape index (κ2) is 7.84.